The molecule has 1 rings (SSSR count). The summed E-state index contributed by atoms with van der Waals surface area (Å²) in [6.07, 6.45) is 0. The molecule has 0 aromatic heterocycles. The maximum atomic E-state index is 9.17. The molecule has 0 saturated carbocycles. The summed E-state index contributed by atoms with van der Waals surface area (Å²) in [5.41, 5.74) is 0.912. The van der Waals surface area contributed by atoms with Crippen LogP contribution in [-0.4, -0.2) is 24.9 Å². The van der Waals surface area contributed by atoms with Crippen LogP contribution in [-0.2, 0) is 0 Å². The fraction of sp³-hybridized carbons (Fsp3) is 0.462. The minimum atomic E-state index is 0.0235. The molecule has 1 N–H and O–H groups in total. The van der Waals surface area contributed by atoms with E-state index in [-0.39, 0.29) is 6.61 Å². The highest BCUT2D eigenvalue weighted by Crippen LogP contribution is 2.35. The van der Waals surface area contributed by atoms with Gasteiger partial charge in [-0.1, -0.05) is 19.1 Å². The highest BCUT2D eigenvalue weighted by atomic mass is 16.5. The largest absolute Gasteiger partial charge is 0.490 e. The van der Waals surface area contributed by atoms with Gasteiger partial charge in [-0.3, -0.25) is 0 Å². The molecular weight excluding hydrogens is 204 g/mol. The van der Waals surface area contributed by atoms with Crippen LogP contribution < -0.4 is 9.47 Å². The van der Waals surface area contributed by atoms with Crippen LogP contribution in [0.1, 0.15) is 26.3 Å². The van der Waals surface area contributed by atoms with Crippen molar-refractivity contribution in [2.75, 3.05) is 19.8 Å². The number of hydrogen-bond acceptors (Lipinski definition) is 3. The number of para-hydroxylation sites is 1. The molecule has 3 heteroatoms. The number of aliphatic hydroxyl groups is 1. The number of ether oxygens (including phenoxy) is 2. The standard InChI is InChI=1S/C13H19O3/c1-4-15-12-8-6-7-11(10(3)9-14)13(12)16-5-2/h6-8,14H,4-5,9H2,1-3H3. The fourth-order valence-electron chi connectivity index (χ4n) is 1.50. The Labute approximate surface area is 97.0 Å². The van der Waals surface area contributed by atoms with Gasteiger partial charge in [0.15, 0.2) is 11.5 Å². The van der Waals surface area contributed by atoms with Gasteiger partial charge in [-0.15, -0.1) is 0 Å². The molecule has 3 nitrogen and oxygen atoms in total. The van der Waals surface area contributed by atoms with Crippen molar-refractivity contribution in [2.45, 2.75) is 20.8 Å². The molecule has 0 heterocycles. The molecule has 1 radical (unpaired) electrons. The highest BCUT2D eigenvalue weighted by Gasteiger charge is 2.15. The third kappa shape index (κ3) is 2.89. The summed E-state index contributed by atoms with van der Waals surface area (Å²) in [5.74, 6) is 2.33. The lowest BCUT2D eigenvalue weighted by Gasteiger charge is -2.17. The summed E-state index contributed by atoms with van der Waals surface area (Å²) in [6, 6.07) is 5.71. The third-order valence-corrected chi connectivity index (χ3v) is 2.26. The first-order chi connectivity index (χ1) is 7.74. The van der Waals surface area contributed by atoms with E-state index in [0.29, 0.717) is 13.2 Å². The van der Waals surface area contributed by atoms with Crippen molar-refractivity contribution in [3.63, 3.8) is 0 Å². The van der Waals surface area contributed by atoms with Crippen molar-refractivity contribution in [3.8, 4) is 11.5 Å². The SMILES string of the molecule is CCOc1cccc([C](C)CO)c1OCC. The van der Waals surface area contributed by atoms with Gasteiger partial charge in [-0.25, -0.2) is 0 Å². The van der Waals surface area contributed by atoms with Gasteiger partial charge in [0.25, 0.3) is 0 Å². The Morgan fingerprint density at radius 2 is 1.88 bits per heavy atom. The van der Waals surface area contributed by atoms with Crippen LogP contribution in [0.15, 0.2) is 18.2 Å². The smallest absolute Gasteiger partial charge is 0.164 e. The van der Waals surface area contributed by atoms with E-state index in [4.69, 9.17) is 14.6 Å². The van der Waals surface area contributed by atoms with Gasteiger partial charge in [0.1, 0.15) is 0 Å². The molecule has 89 valence electrons. The lowest BCUT2D eigenvalue weighted by molar-refractivity contribution is 0.281. The summed E-state index contributed by atoms with van der Waals surface area (Å²) in [7, 11) is 0. The van der Waals surface area contributed by atoms with Crippen LogP contribution in [0.25, 0.3) is 0 Å². The van der Waals surface area contributed by atoms with Crippen molar-refractivity contribution in [2.24, 2.45) is 0 Å². The Bertz CT molecular complexity index is 323. The molecule has 1 aromatic carbocycles. The minimum Gasteiger partial charge on any atom is -0.490 e. The zero-order valence-electron chi connectivity index (χ0n) is 10.1. The average molecular weight is 223 g/mol. The number of hydrogen-bond donors (Lipinski definition) is 1. The van der Waals surface area contributed by atoms with Crippen LogP contribution in [0.5, 0.6) is 11.5 Å². The molecule has 0 unspecified atom stereocenters. The van der Waals surface area contributed by atoms with E-state index in [9.17, 15) is 0 Å². The Morgan fingerprint density at radius 1 is 1.19 bits per heavy atom. The molecule has 0 aliphatic rings. The molecule has 0 aliphatic carbocycles. The van der Waals surface area contributed by atoms with Gasteiger partial charge in [-0.05, 0) is 19.9 Å². The van der Waals surface area contributed by atoms with Crippen LogP contribution in [0.4, 0.5) is 0 Å². The molecular formula is C13H19O3. The van der Waals surface area contributed by atoms with Gasteiger partial charge < -0.3 is 14.6 Å². The zero-order valence-corrected chi connectivity index (χ0v) is 10.1. The maximum absolute atomic E-state index is 9.17. The predicted octanol–water partition coefficient (Wildman–Crippen LogP) is 2.42. The minimum absolute atomic E-state index is 0.0235. The fourth-order valence-corrected chi connectivity index (χ4v) is 1.50. The van der Waals surface area contributed by atoms with Crippen molar-refractivity contribution in [3.05, 3.63) is 29.7 Å². The van der Waals surface area contributed by atoms with Gasteiger partial charge in [0.05, 0.1) is 19.8 Å². The molecule has 0 amide bonds. The van der Waals surface area contributed by atoms with E-state index in [1.165, 1.54) is 0 Å². The first-order valence-electron chi connectivity index (χ1n) is 5.56. The number of aliphatic hydroxyl groups excluding tert-OH is 1. The molecule has 16 heavy (non-hydrogen) atoms. The average Bonchev–Trinajstić information content (AvgIpc) is 2.31. The summed E-state index contributed by atoms with van der Waals surface area (Å²) < 4.78 is 11.1. The molecule has 0 aliphatic heterocycles. The Morgan fingerprint density at radius 3 is 2.44 bits per heavy atom. The zero-order chi connectivity index (χ0) is 12.0. The van der Waals surface area contributed by atoms with Gasteiger partial charge >= 0.3 is 0 Å². The monoisotopic (exact) mass is 223 g/mol. The van der Waals surface area contributed by atoms with Crippen molar-refractivity contribution >= 4 is 0 Å². The summed E-state index contributed by atoms with van der Waals surface area (Å²) in [6.45, 7) is 6.95. The number of rotatable bonds is 6. The van der Waals surface area contributed by atoms with E-state index in [0.717, 1.165) is 23.0 Å². The second-order valence-electron chi connectivity index (χ2n) is 3.44. The van der Waals surface area contributed by atoms with Gasteiger partial charge in [-0.2, -0.15) is 0 Å². The molecule has 0 bridgehead atoms. The summed E-state index contributed by atoms with van der Waals surface area (Å²) in [5, 5.41) is 9.17. The normalized spacial score (nSPS) is 10.6. The predicted molar refractivity (Wildman–Crippen MR) is 63.9 cm³/mol. The van der Waals surface area contributed by atoms with E-state index >= 15 is 0 Å². The Hall–Kier alpha value is -1.22. The molecule has 0 atom stereocenters. The number of benzene rings is 1. The first kappa shape index (κ1) is 12.8. The van der Waals surface area contributed by atoms with Gasteiger partial charge in [0.2, 0.25) is 0 Å². The van der Waals surface area contributed by atoms with Crippen molar-refractivity contribution < 1.29 is 14.6 Å². The lowest BCUT2D eigenvalue weighted by atomic mass is 10.0. The van der Waals surface area contributed by atoms with E-state index < -0.39 is 0 Å². The molecule has 0 fully saturated rings. The molecule has 0 spiro atoms. The van der Waals surface area contributed by atoms with Crippen LogP contribution in [0, 0.1) is 5.92 Å². The maximum Gasteiger partial charge on any atom is 0.164 e. The van der Waals surface area contributed by atoms with Crippen molar-refractivity contribution in [1.82, 2.24) is 0 Å². The third-order valence-electron chi connectivity index (χ3n) is 2.26. The van der Waals surface area contributed by atoms with E-state index in [2.05, 4.69) is 0 Å². The highest BCUT2D eigenvalue weighted by molar-refractivity contribution is 5.52. The van der Waals surface area contributed by atoms with E-state index in [1.54, 1.807) is 0 Å². The quantitative estimate of drug-likeness (QED) is 0.805. The van der Waals surface area contributed by atoms with Crippen LogP contribution >= 0.6 is 0 Å². The first-order valence-corrected chi connectivity index (χ1v) is 5.56. The Balaban J connectivity index is 3.09. The van der Waals surface area contributed by atoms with Crippen molar-refractivity contribution in [1.29, 1.82) is 0 Å². The molecule has 0 saturated heterocycles. The second kappa shape index (κ2) is 6.38. The van der Waals surface area contributed by atoms with Crippen LogP contribution in [0.2, 0.25) is 0 Å². The van der Waals surface area contributed by atoms with Crippen LogP contribution in [0.3, 0.4) is 0 Å². The lowest BCUT2D eigenvalue weighted by Crippen LogP contribution is -2.06. The van der Waals surface area contributed by atoms with E-state index in [1.807, 2.05) is 39.0 Å². The second-order valence-corrected chi connectivity index (χ2v) is 3.44. The Kier molecular flexibility index (Phi) is 5.12. The topological polar surface area (TPSA) is 38.7 Å². The summed E-state index contributed by atoms with van der Waals surface area (Å²) >= 11 is 0. The molecule has 1 aromatic rings. The summed E-state index contributed by atoms with van der Waals surface area (Å²) in [4.78, 5) is 0. The van der Waals surface area contributed by atoms with Gasteiger partial charge in [0, 0.05) is 11.5 Å².